The van der Waals surface area contributed by atoms with Gasteiger partial charge in [-0.25, -0.2) is 14.5 Å². The number of pyridine rings is 1. The highest BCUT2D eigenvalue weighted by Gasteiger charge is 2.37. The van der Waals surface area contributed by atoms with Crippen molar-refractivity contribution in [3.8, 4) is 17.3 Å². The number of ether oxygens (including phenoxy) is 1. The van der Waals surface area contributed by atoms with E-state index in [9.17, 15) is 14.7 Å². The second-order valence-electron chi connectivity index (χ2n) is 11.5. The quantitative estimate of drug-likeness (QED) is 0.373. The van der Waals surface area contributed by atoms with Gasteiger partial charge < -0.3 is 24.5 Å². The highest BCUT2D eigenvalue weighted by atomic mass is 28.4. The molecule has 1 aromatic carbocycles. The molecule has 0 spiro atoms. The molecule has 0 fully saturated rings. The molecule has 214 valence electrons. The second-order valence-corrected chi connectivity index (χ2v) is 16.3. The average molecular weight is 568 g/mol. The zero-order valence-electron chi connectivity index (χ0n) is 24.1. The minimum atomic E-state index is -1.95. The SMILES string of the molecule is COc1cc2c(cc1C(=O)Nc1cccc(-c3nnnn3[C@H](C)CO[Si](C)(C)C(C)(C)C)n1)CN(C(=O)O)CC2. The van der Waals surface area contributed by atoms with E-state index in [-0.39, 0.29) is 17.6 Å². The third-order valence-electron chi connectivity index (χ3n) is 7.67. The zero-order valence-corrected chi connectivity index (χ0v) is 25.1. The summed E-state index contributed by atoms with van der Waals surface area (Å²) < 4.78 is 13.5. The van der Waals surface area contributed by atoms with Gasteiger partial charge in [0.15, 0.2) is 8.32 Å². The third-order valence-corrected chi connectivity index (χ3v) is 12.2. The van der Waals surface area contributed by atoms with Gasteiger partial charge in [-0.3, -0.25) is 4.79 Å². The Kier molecular flexibility index (Phi) is 8.26. The molecule has 3 aromatic rings. The molecule has 2 aromatic heterocycles. The van der Waals surface area contributed by atoms with Crippen molar-refractivity contribution in [1.29, 1.82) is 0 Å². The number of benzene rings is 1. The lowest BCUT2D eigenvalue weighted by Gasteiger charge is -2.36. The Hall–Kier alpha value is -3.84. The molecule has 0 unspecified atom stereocenters. The molecular formula is C27H37N7O5Si. The summed E-state index contributed by atoms with van der Waals surface area (Å²) >= 11 is 0. The standard InChI is InChI=1S/C27H37N7O5Si/c1-17(16-39-40(6,7)27(2,3)4)34-24(30-31-32-34)21-9-8-10-23(28-21)29-25(35)20-13-19-15-33(26(36)37)12-11-18(19)14-22(20)38-5/h8-10,13-14,17H,11-12,15-16H2,1-7H3,(H,36,37)(H,28,29,35)/t17-/m1/s1. The maximum absolute atomic E-state index is 13.3. The fourth-order valence-corrected chi connectivity index (χ4v) is 5.27. The van der Waals surface area contributed by atoms with Gasteiger partial charge in [-0.15, -0.1) is 5.10 Å². The van der Waals surface area contributed by atoms with Crippen LogP contribution in [0.2, 0.25) is 18.1 Å². The highest BCUT2D eigenvalue weighted by molar-refractivity contribution is 6.74. The van der Waals surface area contributed by atoms with Crippen LogP contribution in [0.25, 0.3) is 11.5 Å². The number of carbonyl (C=O) groups is 2. The smallest absolute Gasteiger partial charge is 0.407 e. The molecule has 1 atom stereocenters. The van der Waals surface area contributed by atoms with Gasteiger partial charge in [0.25, 0.3) is 5.91 Å². The number of hydrogen-bond donors (Lipinski definition) is 2. The Morgan fingerprint density at radius 2 is 1.95 bits per heavy atom. The first-order valence-corrected chi connectivity index (χ1v) is 16.1. The van der Waals surface area contributed by atoms with E-state index >= 15 is 0 Å². The van der Waals surface area contributed by atoms with Crippen molar-refractivity contribution >= 4 is 26.1 Å². The molecule has 0 saturated carbocycles. The number of hydrogen-bond acceptors (Lipinski definition) is 8. The van der Waals surface area contributed by atoms with Crippen LogP contribution in [0.5, 0.6) is 5.75 Å². The van der Waals surface area contributed by atoms with Crippen LogP contribution in [0.15, 0.2) is 30.3 Å². The number of tetrazole rings is 1. The van der Waals surface area contributed by atoms with Crippen molar-refractivity contribution in [3.05, 3.63) is 47.0 Å². The number of rotatable bonds is 8. The van der Waals surface area contributed by atoms with Gasteiger partial charge in [-0.1, -0.05) is 26.8 Å². The number of carboxylic acid groups (broad SMARTS) is 1. The van der Waals surface area contributed by atoms with Crippen LogP contribution in [0.1, 0.15) is 55.2 Å². The summed E-state index contributed by atoms with van der Waals surface area (Å²) in [5.41, 5.74) is 2.53. The molecule has 4 rings (SSSR count). The number of anilines is 1. The van der Waals surface area contributed by atoms with Gasteiger partial charge in [0.1, 0.15) is 17.3 Å². The fraction of sp³-hybridized carbons (Fsp3) is 0.481. The van der Waals surface area contributed by atoms with Crippen LogP contribution >= 0.6 is 0 Å². The van der Waals surface area contributed by atoms with Crippen molar-refractivity contribution in [2.45, 2.75) is 64.8 Å². The predicted molar refractivity (Wildman–Crippen MR) is 152 cm³/mol. The maximum Gasteiger partial charge on any atom is 0.407 e. The van der Waals surface area contributed by atoms with Crippen LogP contribution < -0.4 is 10.1 Å². The normalized spacial score (nSPS) is 14.4. The molecular weight excluding hydrogens is 530 g/mol. The minimum Gasteiger partial charge on any atom is -0.496 e. The van der Waals surface area contributed by atoms with Crippen LogP contribution in [-0.4, -0.2) is 75.8 Å². The summed E-state index contributed by atoms with van der Waals surface area (Å²) in [7, 11) is -0.451. The number of aromatic nitrogens is 5. The summed E-state index contributed by atoms with van der Waals surface area (Å²) in [6.45, 7) is 14.1. The lowest BCUT2D eigenvalue weighted by atomic mass is 9.96. The van der Waals surface area contributed by atoms with Gasteiger partial charge in [-0.05, 0) is 77.3 Å². The summed E-state index contributed by atoms with van der Waals surface area (Å²) in [6, 6.07) is 8.57. The first-order valence-electron chi connectivity index (χ1n) is 13.2. The molecule has 0 radical (unpaired) electrons. The molecule has 3 heterocycles. The number of methoxy groups -OCH3 is 1. The fourth-order valence-electron chi connectivity index (χ4n) is 4.18. The predicted octanol–water partition coefficient (Wildman–Crippen LogP) is 4.61. The second kappa shape index (κ2) is 11.3. The Morgan fingerprint density at radius 1 is 1.20 bits per heavy atom. The van der Waals surface area contributed by atoms with Crippen LogP contribution in [0.3, 0.4) is 0 Å². The van der Waals surface area contributed by atoms with Gasteiger partial charge >= 0.3 is 6.09 Å². The maximum atomic E-state index is 13.3. The topological polar surface area (TPSA) is 145 Å². The van der Waals surface area contributed by atoms with Crippen molar-refractivity contribution in [2.24, 2.45) is 0 Å². The number of carbonyl (C=O) groups excluding carboxylic acids is 1. The monoisotopic (exact) mass is 567 g/mol. The van der Waals surface area contributed by atoms with Crippen molar-refractivity contribution in [1.82, 2.24) is 30.1 Å². The molecule has 40 heavy (non-hydrogen) atoms. The lowest BCUT2D eigenvalue weighted by molar-refractivity contribution is 0.102. The van der Waals surface area contributed by atoms with Crippen LogP contribution in [-0.2, 0) is 17.4 Å². The molecule has 0 bridgehead atoms. The number of fused-ring (bicyclic) bond motifs is 1. The zero-order chi connectivity index (χ0) is 29.2. The summed E-state index contributed by atoms with van der Waals surface area (Å²) in [6.07, 6.45) is -0.436. The molecule has 13 heteroatoms. The number of nitrogens with one attached hydrogen (secondary N) is 1. The van der Waals surface area contributed by atoms with Gasteiger partial charge in [0.05, 0.1) is 25.3 Å². The summed E-state index contributed by atoms with van der Waals surface area (Å²) in [5, 5.41) is 24.5. The van der Waals surface area contributed by atoms with Gasteiger partial charge in [0.2, 0.25) is 5.82 Å². The van der Waals surface area contributed by atoms with E-state index in [0.717, 1.165) is 11.1 Å². The van der Waals surface area contributed by atoms with E-state index in [2.05, 4.69) is 59.7 Å². The Bertz CT molecular complexity index is 1400. The minimum absolute atomic E-state index is 0.0840. The molecule has 0 aliphatic carbocycles. The summed E-state index contributed by atoms with van der Waals surface area (Å²) in [5.74, 6) is 0.764. The summed E-state index contributed by atoms with van der Waals surface area (Å²) in [4.78, 5) is 30.7. The highest BCUT2D eigenvalue weighted by Crippen LogP contribution is 2.37. The lowest BCUT2D eigenvalue weighted by Crippen LogP contribution is -2.42. The van der Waals surface area contributed by atoms with Gasteiger partial charge in [-0.2, -0.15) is 0 Å². The van der Waals surface area contributed by atoms with Gasteiger partial charge in [0, 0.05) is 13.1 Å². The largest absolute Gasteiger partial charge is 0.496 e. The van der Waals surface area contributed by atoms with Crippen LogP contribution in [0, 0.1) is 0 Å². The average Bonchev–Trinajstić information content (AvgIpc) is 3.40. The van der Waals surface area contributed by atoms with E-state index in [1.165, 1.54) is 12.0 Å². The van der Waals surface area contributed by atoms with E-state index in [1.807, 2.05) is 6.92 Å². The third kappa shape index (κ3) is 6.15. The van der Waals surface area contributed by atoms with Crippen molar-refractivity contribution in [3.63, 3.8) is 0 Å². The molecule has 2 N–H and O–H groups in total. The molecule has 0 saturated heterocycles. The Labute approximate surface area is 234 Å². The van der Waals surface area contributed by atoms with E-state index in [1.54, 1.807) is 35.0 Å². The first-order chi connectivity index (χ1) is 18.8. The first kappa shape index (κ1) is 29.1. The van der Waals surface area contributed by atoms with Crippen molar-refractivity contribution < 1.29 is 23.9 Å². The van der Waals surface area contributed by atoms with Crippen molar-refractivity contribution in [2.75, 3.05) is 25.6 Å². The molecule has 1 aliphatic rings. The molecule has 1 aliphatic heterocycles. The van der Waals surface area contributed by atoms with E-state index < -0.39 is 20.3 Å². The van der Waals surface area contributed by atoms with E-state index in [4.69, 9.17) is 9.16 Å². The molecule has 12 nitrogen and oxygen atoms in total. The molecule has 2 amide bonds. The number of amides is 2. The number of nitrogens with zero attached hydrogens (tertiary/aromatic N) is 6. The Balaban J connectivity index is 1.53. The van der Waals surface area contributed by atoms with Crippen LogP contribution in [0.4, 0.5) is 10.6 Å². The Morgan fingerprint density at radius 3 is 2.62 bits per heavy atom. The van der Waals surface area contributed by atoms with E-state index in [0.29, 0.717) is 48.2 Å².